The second-order valence-corrected chi connectivity index (χ2v) is 4.86. The smallest absolute Gasteiger partial charge is 0.142 e. The summed E-state index contributed by atoms with van der Waals surface area (Å²) in [7, 11) is 2.04. The Morgan fingerprint density at radius 3 is 2.75 bits per heavy atom. The standard InChI is InChI=1S/C15H16FN3O/c1-18-6-7-19(14-5-3-2-4-13(14)18)15-11(10-20)8-12(16)9-17-15/h2-5,8-9,20H,6-7,10H2,1H3. The second kappa shape index (κ2) is 5.09. The Labute approximate surface area is 117 Å². The quantitative estimate of drug-likeness (QED) is 0.911. The number of fused-ring (bicyclic) bond motifs is 1. The highest BCUT2D eigenvalue weighted by atomic mass is 19.1. The van der Waals surface area contributed by atoms with Gasteiger partial charge in [-0.1, -0.05) is 12.1 Å². The molecule has 1 aliphatic rings. The zero-order valence-corrected chi connectivity index (χ0v) is 11.3. The summed E-state index contributed by atoms with van der Waals surface area (Å²) in [5.74, 6) is 0.190. The molecule has 1 N–H and O–H groups in total. The van der Waals surface area contributed by atoms with E-state index < -0.39 is 5.82 Å². The van der Waals surface area contributed by atoms with E-state index in [2.05, 4.69) is 9.88 Å². The van der Waals surface area contributed by atoms with Gasteiger partial charge < -0.3 is 14.9 Å². The van der Waals surface area contributed by atoms with Crippen molar-refractivity contribution in [2.24, 2.45) is 0 Å². The molecule has 3 rings (SSSR count). The van der Waals surface area contributed by atoms with Crippen molar-refractivity contribution in [3.63, 3.8) is 0 Å². The topological polar surface area (TPSA) is 39.6 Å². The first-order valence-corrected chi connectivity index (χ1v) is 6.53. The molecular weight excluding hydrogens is 257 g/mol. The van der Waals surface area contributed by atoms with Gasteiger partial charge in [-0.05, 0) is 18.2 Å². The van der Waals surface area contributed by atoms with E-state index >= 15 is 0 Å². The van der Waals surface area contributed by atoms with Crippen LogP contribution in [-0.2, 0) is 6.61 Å². The van der Waals surface area contributed by atoms with Crippen molar-refractivity contribution in [1.29, 1.82) is 0 Å². The maximum absolute atomic E-state index is 13.3. The van der Waals surface area contributed by atoms with Crippen LogP contribution in [0, 0.1) is 5.82 Å². The van der Waals surface area contributed by atoms with Crippen LogP contribution in [0.15, 0.2) is 36.5 Å². The minimum Gasteiger partial charge on any atom is -0.392 e. The van der Waals surface area contributed by atoms with E-state index in [0.29, 0.717) is 11.4 Å². The molecule has 0 saturated heterocycles. The SMILES string of the molecule is CN1CCN(c2ncc(F)cc2CO)c2ccccc21. The molecule has 0 atom stereocenters. The monoisotopic (exact) mass is 273 g/mol. The summed E-state index contributed by atoms with van der Waals surface area (Å²) in [5.41, 5.74) is 2.63. The molecule has 104 valence electrons. The molecule has 0 radical (unpaired) electrons. The van der Waals surface area contributed by atoms with Crippen molar-refractivity contribution in [3.8, 4) is 0 Å². The van der Waals surface area contributed by atoms with Crippen LogP contribution < -0.4 is 9.80 Å². The molecule has 1 aliphatic heterocycles. The normalized spacial score (nSPS) is 14.3. The predicted molar refractivity (Wildman–Crippen MR) is 76.8 cm³/mol. The van der Waals surface area contributed by atoms with Crippen LogP contribution in [0.2, 0.25) is 0 Å². The Balaban J connectivity index is 2.10. The molecule has 0 fully saturated rings. The summed E-state index contributed by atoms with van der Waals surface area (Å²) in [6.45, 7) is 1.37. The van der Waals surface area contributed by atoms with E-state index in [4.69, 9.17) is 0 Å². The summed E-state index contributed by atoms with van der Waals surface area (Å²) in [4.78, 5) is 8.37. The van der Waals surface area contributed by atoms with Crippen LogP contribution >= 0.6 is 0 Å². The van der Waals surface area contributed by atoms with Crippen LogP contribution in [-0.4, -0.2) is 30.2 Å². The summed E-state index contributed by atoms with van der Waals surface area (Å²) < 4.78 is 13.3. The minimum atomic E-state index is -0.430. The van der Waals surface area contributed by atoms with E-state index in [-0.39, 0.29) is 6.61 Å². The largest absolute Gasteiger partial charge is 0.392 e. The van der Waals surface area contributed by atoms with Gasteiger partial charge in [-0.2, -0.15) is 0 Å². The van der Waals surface area contributed by atoms with Gasteiger partial charge in [-0.15, -0.1) is 0 Å². The van der Waals surface area contributed by atoms with Gasteiger partial charge in [0.15, 0.2) is 0 Å². The van der Waals surface area contributed by atoms with Crippen molar-refractivity contribution < 1.29 is 9.50 Å². The van der Waals surface area contributed by atoms with E-state index in [1.807, 2.05) is 36.2 Å². The molecule has 1 aromatic heterocycles. The summed E-state index contributed by atoms with van der Waals surface area (Å²) in [6.07, 6.45) is 1.19. The van der Waals surface area contributed by atoms with Gasteiger partial charge >= 0.3 is 0 Å². The molecule has 20 heavy (non-hydrogen) atoms. The van der Waals surface area contributed by atoms with Crippen molar-refractivity contribution in [3.05, 3.63) is 47.9 Å². The van der Waals surface area contributed by atoms with Crippen LogP contribution in [0.25, 0.3) is 0 Å². The van der Waals surface area contributed by atoms with Crippen molar-refractivity contribution in [1.82, 2.24) is 4.98 Å². The van der Waals surface area contributed by atoms with Crippen LogP contribution in [0.5, 0.6) is 0 Å². The molecule has 0 unspecified atom stereocenters. The number of likely N-dealkylation sites (N-methyl/N-ethyl adjacent to an activating group) is 1. The Kier molecular flexibility index (Phi) is 3.28. The number of benzene rings is 1. The summed E-state index contributed by atoms with van der Waals surface area (Å²) in [5, 5.41) is 9.43. The molecule has 0 aliphatic carbocycles. The zero-order valence-electron chi connectivity index (χ0n) is 11.3. The maximum Gasteiger partial charge on any atom is 0.142 e. The molecule has 2 heterocycles. The van der Waals surface area contributed by atoms with Gasteiger partial charge in [0.25, 0.3) is 0 Å². The third-order valence-electron chi connectivity index (χ3n) is 3.58. The molecule has 0 spiro atoms. The number of rotatable bonds is 2. The maximum atomic E-state index is 13.3. The van der Waals surface area contributed by atoms with Crippen molar-refractivity contribution in [2.75, 3.05) is 29.9 Å². The average molecular weight is 273 g/mol. The number of hydrogen-bond acceptors (Lipinski definition) is 4. The number of anilines is 3. The number of para-hydroxylation sites is 2. The van der Waals surface area contributed by atoms with Gasteiger partial charge in [0.2, 0.25) is 0 Å². The number of halogens is 1. The van der Waals surface area contributed by atoms with Gasteiger partial charge in [-0.3, -0.25) is 0 Å². The summed E-state index contributed by atoms with van der Waals surface area (Å²) >= 11 is 0. The van der Waals surface area contributed by atoms with Gasteiger partial charge in [-0.25, -0.2) is 9.37 Å². The molecule has 0 saturated carbocycles. The number of pyridine rings is 1. The molecule has 4 nitrogen and oxygen atoms in total. The van der Waals surface area contributed by atoms with E-state index in [9.17, 15) is 9.50 Å². The number of nitrogens with zero attached hydrogens (tertiary/aromatic N) is 3. The number of aromatic nitrogens is 1. The molecule has 5 heteroatoms. The van der Waals surface area contributed by atoms with Gasteiger partial charge in [0.05, 0.1) is 24.2 Å². The number of aliphatic hydroxyl groups excluding tert-OH is 1. The second-order valence-electron chi connectivity index (χ2n) is 4.86. The van der Waals surface area contributed by atoms with E-state index in [1.165, 1.54) is 12.3 Å². The van der Waals surface area contributed by atoms with Crippen molar-refractivity contribution in [2.45, 2.75) is 6.61 Å². The fraction of sp³-hybridized carbons (Fsp3) is 0.267. The third-order valence-corrected chi connectivity index (χ3v) is 3.58. The Morgan fingerprint density at radius 2 is 2.00 bits per heavy atom. The zero-order chi connectivity index (χ0) is 14.1. The summed E-state index contributed by atoms with van der Waals surface area (Å²) in [6, 6.07) is 9.35. The highest BCUT2D eigenvalue weighted by Gasteiger charge is 2.23. The predicted octanol–water partition coefficient (Wildman–Crippen LogP) is 2.30. The lowest BCUT2D eigenvalue weighted by molar-refractivity contribution is 0.281. The van der Waals surface area contributed by atoms with Crippen LogP contribution in [0.1, 0.15) is 5.56 Å². The Bertz CT molecular complexity index is 632. The van der Waals surface area contributed by atoms with Gasteiger partial charge in [0, 0.05) is 25.7 Å². The third kappa shape index (κ3) is 2.10. The lowest BCUT2D eigenvalue weighted by atomic mass is 10.1. The highest BCUT2D eigenvalue weighted by Crippen LogP contribution is 2.37. The molecule has 0 bridgehead atoms. The number of aliphatic hydroxyl groups is 1. The minimum absolute atomic E-state index is 0.228. The Hall–Kier alpha value is -2.14. The molecular formula is C15H16FN3O. The fourth-order valence-electron chi connectivity index (χ4n) is 2.56. The average Bonchev–Trinajstić information content (AvgIpc) is 2.48. The lowest BCUT2D eigenvalue weighted by Crippen LogP contribution is -2.37. The van der Waals surface area contributed by atoms with Crippen LogP contribution in [0.3, 0.4) is 0 Å². The molecule has 0 amide bonds. The van der Waals surface area contributed by atoms with Crippen molar-refractivity contribution >= 4 is 17.2 Å². The van der Waals surface area contributed by atoms with Gasteiger partial charge in [0.1, 0.15) is 11.6 Å². The first-order valence-electron chi connectivity index (χ1n) is 6.53. The number of hydrogen-bond donors (Lipinski definition) is 1. The first kappa shape index (κ1) is 12.9. The van der Waals surface area contributed by atoms with E-state index in [0.717, 1.165) is 24.5 Å². The van der Waals surface area contributed by atoms with E-state index in [1.54, 1.807) is 0 Å². The molecule has 1 aromatic carbocycles. The fourth-order valence-corrected chi connectivity index (χ4v) is 2.56. The highest BCUT2D eigenvalue weighted by molar-refractivity contribution is 5.78. The Morgan fingerprint density at radius 1 is 1.25 bits per heavy atom. The lowest BCUT2D eigenvalue weighted by Gasteiger charge is -2.36. The first-order chi connectivity index (χ1) is 9.70. The van der Waals surface area contributed by atoms with Crippen LogP contribution in [0.4, 0.5) is 21.6 Å². The molecule has 2 aromatic rings.